The molecule has 4 aromatic carbocycles. The monoisotopic (exact) mass is 645 g/mol. The Morgan fingerprint density at radius 1 is 0.955 bits per heavy atom. The van der Waals surface area contributed by atoms with Gasteiger partial charge in [-0.15, -0.1) is 11.3 Å². The molecule has 0 spiro atoms. The van der Waals surface area contributed by atoms with Crippen LogP contribution in [0.3, 0.4) is 0 Å². The number of nitrogens with zero attached hydrogens (tertiary/aromatic N) is 2. The fourth-order valence-electron chi connectivity index (χ4n) is 3.95. The molecular formula is C32H25Cl2N5O4S. The van der Waals surface area contributed by atoms with Gasteiger partial charge in [-0.1, -0.05) is 53.5 Å². The first-order chi connectivity index (χ1) is 21.4. The Morgan fingerprint density at radius 3 is 2.43 bits per heavy atom. The maximum Gasteiger partial charge on any atom is 0.271 e. The minimum atomic E-state index is -0.390. The second kappa shape index (κ2) is 14.5. The predicted molar refractivity (Wildman–Crippen MR) is 176 cm³/mol. The fraction of sp³-hybridized carbons (Fsp3) is 0.0625. The van der Waals surface area contributed by atoms with E-state index in [9.17, 15) is 9.59 Å². The van der Waals surface area contributed by atoms with Crippen LogP contribution in [0.5, 0.6) is 11.5 Å². The summed E-state index contributed by atoms with van der Waals surface area (Å²) in [5.41, 5.74) is 6.67. The number of benzene rings is 4. The van der Waals surface area contributed by atoms with Gasteiger partial charge in [-0.2, -0.15) is 5.10 Å². The number of rotatable bonds is 11. The Hall–Kier alpha value is -4.90. The summed E-state index contributed by atoms with van der Waals surface area (Å²) in [4.78, 5) is 29.6. The molecule has 0 saturated heterocycles. The molecule has 0 aliphatic heterocycles. The van der Waals surface area contributed by atoms with Crippen molar-refractivity contribution in [1.29, 1.82) is 0 Å². The van der Waals surface area contributed by atoms with Gasteiger partial charge < -0.3 is 20.1 Å². The quantitative estimate of drug-likeness (QED) is 0.100. The summed E-state index contributed by atoms with van der Waals surface area (Å²) in [6, 6.07) is 26.7. The van der Waals surface area contributed by atoms with Crippen molar-refractivity contribution >= 4 is 69.1 Å². The highest BCUT2D eigenvalue weighted by atomic mass is 35.5. The summed E-state index contributed by atoms with van der Waals surface area (Å²) in [6.07, 6.45) is 1.43. The second-order valence-electron chi connectivity index (χ2n) is 9.18. The van der Waals surface area contributed by atoms with Gasteiger partial charge in [0.1, 0.15) is 0 Å². The zero-order valence-electron chi connectivity index (χ0n) is 23.2. The Balaban J connectivity index is 1.16. The molecule has 5 rings (SSSR count). The van der Waals surface area contributed by atoms with Crippen molar-refractivity contribution in [1.82, 2.24) is 10.4 Å². The van der Waals surface area contributed by atoms with Crippen molar-refractivity contribution in [3.8, 4) is 22.8 Å². The largest absolute Gasteiger partial charge is 0.493 e. The zero-order chi connectivity index (χ0) is 30.9. The molecule has 0 aliphatic rings. The van der Waals surface area contributed by atoms with Crippen LogP contribution in [0.1, 0.15) is 15.9 Å². The number of hydrazone groups is 1. The van der Waals surface area contributed by atoms with Crippen molar-refractivity contribution in [2.24, 2.45) is 5.10 Å². The van der Waals surface area contributed by atoms with E-state index < -0.39 is 5.91 Å². The van der Waals surface area contributed by atoms with E-state index >= 15 is 0 Å². The highest BCUT2D eigenvalue weighted by Gasteiger charge is 2.14. The van der Waals surface area contributed by atoms with Gasteiger partial charge in [0.05, 0.1) is 24.0 Å². The molecule has 44 heavy (non-hydrogen) atoms. The predicted octanol–water partition coefficient (Wildman–Crippen LogP) is 7.65. The molecule has 9 nitrogen and oxygen atoms in total. The summed E-state index contributed by atoms with van der Waals surface area (Å²) in [7, 11) is 1.46. The topological polar surface area (TPSA) is 114 Å². The number of hydrogen-bond donors (Lipinski definition) is 3. The average Bonchev–Trinajstić information content (AvgIpc) is 3.50. The Labute approximate surface area is 267 Å². The molecule has 5 aromatic rings. The molecular weight excluding hydrogens is 621 g/mol. The van der Waals surface area contributed by atoms with E-state index in [0.29, 0.717) is 27.6 Å². The van der Waals surface area contributed by atoms with E-state index in [1.165, 1.54) is 24.7 Å². The van der Waals surface area contributed by atoms with Crippen LogP contribution in [0.25, 0.3) is 11.3 Å². The lowest BCUT2D eigenvalue weighted by molar-refractivity contribution is -0.118. The zero-order valence-corrected chi connectivity index (χ0v) is 25.5. The van der Waals surface area contributed by atoms with Gasteiger partial charge in [-0.25, -0.2) is 10.4 Å². The Kier molecular flexibility index (Phi) is 10.1. The van der Waals surface area contributed by atoms with E-state index in [1.54, 1.807) is 48.5 Å². The first-order valence-corrected chi connectivity index (χ1v) is 14.8. The Morgan fingerprint density at radius 2 is 1.70 bits per heavy atom. The molecule has 222 valence electrons. The molecule has 1 aromatic heterocycles. The van der Waals surface area contributed by atoms with E-state index in [4.69, 9.17) is 32.7 Å². The number of amides is 2. The van der Waals surface area contributed by atoms with Gasteiger partial charge in [0.15, 0.2) is 23.2 Å². The van der Waals surface area contributed by atoms with Gasteiger partial charge in [-0.3, -0.25) is 9.59 Å². The van der Waals surface area contributed by atoms with E-state index in [0.717, 1.165) is 22.1 Å². The number of aromatic nitrogens is 1. The minimum Gasteiger partial charge on any atom is -0.493 e. The van der Waals surface area contributed by atoms with Crippen LogP contribution in [0, 0.1) is 0 Å². The second-order valence-corrected chi connectivity index (χ2v) is 10.9. The average molecular weight is 647 g/mol. The van der Waals surface area contributed by atoms with Crippen LogP contribution < -0.4 is 25.5 Å². The molecule has 0 radical (unpaired) electrons. The van der Waals surface area contributed by atoms with Crippen LogP contribution in [0.15, 0.2) is 101 Å². The van der Waals surface area contributed by atoms with Gasteiger partial charge in [-0.05, 0) is 66.2 Å². The first kappa shape index (κ1) is 30.6. The third-order valence-electron chi connectivity index (χ3n) is 6.08. The van der Waals surface area contributed by atoms with E-state index in [-0.39, 0.29) is 23.3 Å². The van der Waals surface area contributed by atoms with Crippen molar-refractivity contribution < 1.29 is 19.1 Å². The van der Waals surface area contributed by atoms with E-state index in [2.05, 4.69) is 26.1 Å². The van der Waals surface area contributed by atoms with Crippen molar-refractivity contribution in [2.45, 2.75) is 0 Å². The number of carbonyl (C=O) groups excluding carboxylic acids is 2. The molecule has 2 amide bonds. The van der Waals surface area contributed by atoms with Crippen LogP contribution in [0.4, 0.5) is 16.5 Å². The summed E-state index contributed by atoms with van der Waals surface area (Å²) in [6.45, 7) is -0.267. The van der Waals surface area contributed by atoms with Crippen molar-refractivity contribution in [3.05, 3.63) is 118 Å². The normalized spacial score (nSPS) is 10.8. The summed E-state index contributed by atoms with van der Waals surface area (Å²) in [5.74, 6) is -0.217. The summed E-state index contributed by atoms with van der Waals surface area (Å²) < 4.78 is 11.0. The van der Waals surface area contributed by atoms with Crippen LogP contribution in [-0.2, 0) is 4.79 Å². The highest BCUT2D eigenvalue weighted by Crippen LogP contribution is 2.36. The lowest BCUT2D eigenvalue weighted by atomic mass is 10.1. The SMILES string of the molecule is COc1cc(/C=N\NC(=O)c2ccc(-c3csc(Nc4ccc(Cl)cc4)n3)cc2)cc(Cl)c1OCC(=O)Nc1ccccc1. The minimum absolute atomic E-state index is 0.214. The number of thiazole rings is 1. The summed E-state index contributed by atoms with van der Waals surface area (Å²) >= 11 is 13.8. The maximum atomic E-state index is 12.7. The highest BCUT2D eigenvalue weighted by molar-refractivity contribution is 7.14. The number of anilines is 3. The lowest BCUT2D eigenvalue weighted by Gasteiger charge is -2.13. The number of ether oxygens (including phenoxy) is 2. The number of halogens is 2. The molecule has 0 bridgehead atoms. The fourth-order valence-corrected chi connectivity index (χ4v) is 5.09. The number of nitrogens with one attached hydrogen (secondary N) is 3. The van der Waals surface area contributed by atoms with Crippen LogP contribution in [0.2, 0.25) is 10.0 Å². The number of methoxy groups -OCH3 is 1. The van der Waals surface area contributed by atoms with Crippen LogP contribution >= 0.6 is 34.5 Å². The Bertz CT molecular complexity index is 1780. The number of para-hydroxylation sites is 1. The van der Waals surface area contributed by atoms with Crippen molar-refractivity contribution in [3.63, 3.8) is 0 Å². The van der Waals surface area contributed by atoms with Crippen molar-refractivity contribution in [2.75, 3.05) is 24.4 Å². The third kappa shape index (κ3) is 8.13. The lowest BCUT2D eigenvalue weighted by Crippen LogP contribution is -2.20. The van der Waals surface area contributed by atoms with Gasteiger partial charge in [0, 0.05) is 32.9 Å². The van der Waals surface area contributed by atoms with Gasteiger partial charge in [0.2, 0.25) is 0 Å². The summed E-state index contributed by atoms with van der Waals surface area (Å²) in [5, 5.41) is 13.6. The molecule has 1 heterocycles. The molecule has 12 heteroatoms. The van der Waals surface area contributed by atoms with Crippen LogP contribution in [-0.4, -0.2) is 36.7 Å². The smallest absolute Gasteiger partial charge is 0.271 e. The molecule has 3 N–H and O–H groups in total. The van der Waals surface area contributed by atoms with Gasteiger partial charge >= 0.3 is 0 Å². The van der Waals surface area contributed by atoms with E-state index in [1.807, 2.05) is 47.8 Å². The number of carbonyl (C=O) groups is 2. The standard InChI is InChI=1S/C32H25Cl2N5O4S/c1-42-28-16-20(15-26(34)30(28)43-18-29(40)36-24-5-3-2-4-6-24)17-35-39-31(41)22-9-7-21(8-10-22)27-19-44-32(38-27)37-25-13-11-23(33)12-14-25/h2-17,19H,18H2,1H3,(H,36,40)(H,37,38)(H,39,41)/b35-17-. The molecule has 0 fully saturated rings. The molecule has 0 unspecified atom stereocenters. The number of hydrogen-bond acceptors (Lipinski definition) is 8. The maximum absolute atomic E-state index is 12.7. The molecule has 0 atom stereocenters. The molecule has 0 saturated carbocycles. The molecule has 0 aliphatic carbocycles. The van der Waals surface area contributed by atoms with Gasteiger partial charge in [0.25, 0.3) is 11.8 Å². The third-order valence-corrected chi connectivity index (χ3v) is 7.37. The first-order valence-electron chi connectivity index (χ1n) is 13.1.